The second-order valence-corrected chi connectivity index (χ2v) is 7.11. The lowest BCUT2D eigenvalue weighted by Gasteiger charge is -2.40. The monoisotopic (exact) mass is 251 g/mol. The fraction of sp³-hybridized carbons (Fsp3) is 0.733. The molecule has 17 heavy (non-hydrogen) atoms. The molecule has 96 valence electrons. The van der Waals surface area contributed by atoms with E-state index in [4.69, 9.17) is 5.73 Å². The third-order valence-corrected chi connectivity index (χ3v) is 5.09. The molecule has 2 heteroatoms. The quantitative estimate of drug-likeness (QED) is 0.857. The number of hydrogen-bond acceptors (Lipinski definition) is 2. The Morgan fingerprint density at radius 1 is 1.41 bits per heavy atom. The smallest absolute Gasteiger partial charge is 0.00462 e. The molecule has 0 aromatic carbocycles. The lowest BCUT2D eigenvalue weighted by molar-refractivity contribution is 0.115. The van der Waals surface area contributed by atoms with Gasteiger partial charge in [0.15, 0.2) is 0 Å². The summed E-state index contributed by atoms with van der Waals surface area (Å²) in [5.41, 5.74) is 7.97. The largest absolute Gasteiger partial charge is 0.330 e. The highest BCUT2D eigenvalue weighted by Gasteiger charge is 2.33. The molecule has 1 aliphatic carbocycles. The van der Waals surface area contributed by atoms with Crippen molar-refractivity contribution < 1.29 is 0 Å². The van der Waals surface area contributed by atoms with Gasteiger partial charge in [0, 0.05) is 0 Å². The molecule has 1 aliphatic rings. The number of rotatable bonds is 4. The number of aryl methyl sites for hydroxylation is 1. The second-order valence-electron chi connectivity index (χ2n) is 6.33. The molecule has 1 aromatic heterocycles. The van der Waals surface area contributed by atoms with E-state index < -0.39 is 0 Å². The van der Waals surface area contributed by atoms with Crippen molar-refractivity contribution in [3.05, 3.63) is 22.4 Å². The Morgan fingerprint density at radius 3 is 2.88 bits per heavy atom. The van der Waals surface area contributed by atoms with E-state index in [9.17, 15) is 0 Å². The van der Waals surface area contributed by atoms with Crippen LogP contribution >= 0.6 is 11.3 Å². The van der Waals surface area contributed by atoms with Crippen LogP contribution in [0.4, 0.5) is 0 Å². The highest BCUT2D eigenvalue weighted by Crippen LogP contribution is 2.43. The number of thiophene rings is 1. The Labute approximate surface area is 109 Å². The van der Waals surface area contributed by atoms with Gasteiger partial charge in [0.25, 0.3) is 0 Å². The summed E-state index contributed by atoms with van der Waals surface area (Å²) in [6, 6.07) is 2.26. The molecule has 1 saturated carbocycles. The lowest BCUT2D eigenvalue weighted by atomic mass is 9.66. The van der Waals surface area contributed by atoms with Crippen LogP contribution < -0.4 is 5.73 Å². The van der Waals surface area contributed by atoms with Crippen molar-refractivity contribution in [2.75, 3.05) is 6.54 Å². The molecule has 2 N–H and O–H groups in total. The average Bonchev–Trinajstić information content (AvgIpc) is 2.78. The zero-order chi connectivity index (χ0) is 12.3. The molecule has 0 amide bonds. The Bertz CT molecular complexity index is 329. The van der Waals surface area contributed by atoms with E-state index in [-0.39, 0.29) is 0 Å². The molecular formula is C15H25NS. The molecule has 1 aromatic rings. The minimum atomic E-state index is 0.533. The Morgan fingerprint density at radius 2 is 2.24 bits per heavy atom. The molecule has 2 rings (SSSR count). The molecule has 2 unspecified atom stereocenters. The number of hydrogen-bond donors (Lipinski definition) is 1. The van der Waals surface area contributed by atoms with Crippen LogP contribution in [-0.2, 0) is 6.42 Å². The predicted octanol–water partition coefficient (Wildman–Crippen LogP) is 4.08. The molecule has 1 nitrogen and oxygen atoms in total. The summed E-state index contributed by atoms with van der Waals surface area (Å²) >= 11 is 1.81. The molecule has 0 aliphatic heterocycles. The minimum Gasteiger partial charge on any atom is -0.330 e. The summed E-state index contributed by atoms with van der Waals surface area (Å²) in [4.78, 5) is 0. The predicted molar refractivity (Wildman–Crippen MR) is 76.3 cm³/mol. The van der Waals surface area contributed by atoms with E-state index in [0.29, 0.717) is 5.41 Å². The Balaban J connectivity index is 1.91. The van der Waals surface area contributed by atoms with Crippen LogP contribution in [0.2, 0.25) is 0 Å². The van der Waals surface area contributed by atoms with Crippen LogP contribution in [0, 0.1) is 17.3 Å². The van der Waals surface area contributed by atoms with Crippen LogP contribution in [0.15, 0.2) is 16.8 Å². The molecular weight excluding hydrogens is 226 g/mol. The summed E-state index contributed by atoms with van der Waals surface area (Å²) in [6.45, 7) is 5.71. The van der Waals surface area contributed by atoms with E-state index in [0.717, 1.165) is 18.4 Å². The van der Waals surface area contributed by atoms with Crippen LogP contribution in [0.25, 0.3) is 0 Å². The maximum Gasteiger partial charge on any atom is -0.00462 e. The summed E-state index contributed by atoms with van der Waals surface area (Å²) in [6.07, 6.45) is 6.60. The molecule has 0 saturated heterocycles. The van der Waals surface area contributed by atoms with Gasteiger partial charge in [-0.05, 0) is 78.3 Å². The summed E-state index contributed by atoms with van der Waals surface area (Å²) < 4.78 is 0. The molecule has 0 spiro atoms. The van der Waals surface area contributed by atoms with Gasteiger partial charge in [-0.1, -0.05) is 13.8 Å². The Kier molecular flexibility index (Phi) is 4.26. The van der Waals surface area contributed by atoms with Crippen LogP contribution in [0.3, 0.4) is 0 Å². The maximum atomic E-state index is 5.93. The van der Waals surface area contributed by atoms with Crippen molar-refractivity contribution in [2.24, 2.45) is 23.0 Å². The van der Waals surface area contributed by atoms with Crippen LogP contribution in [0.1, 0.15) is 45.1 Å². The first kappa shape index (κ1) is 13.1. The lowest BCUT2D eigenvalue weighted by Crippen LogP contribution is -2.34. The van der Waals surface area contributed by atoms with Gasteiger partial charge in [0.1, 0.15) is 0 Å². The highest BCUT2D eigenvalue weighted by molar-refractivity contribution is 7.07. The van der Waals surface area contributed by atoms with Crippen molar-refractivity contribution in [1.82, 2.24) is 0 Å². The van der Waals surface area contributed by atoms with Crippen molar-refractivity contribution in [1.29, 1.82) is 0 Å². The fourth-order valence-electron chi connectivity index (χ4n) is 3.23. The third kappa shape index (κ3) is 3.56. The molecule has 1 heterocycles. The first-order chi connectivity index (χ1) is 8.11. The first-order valence-corrected chi connectivity index (χ1v) is 7.76. The van der Waals surface area contributed by atoms with E-state index in [1.54, 1.807) is 0 Å². The van der Waals surface area contributed by atoms with Gasteiger partial charge >= 0.3 is 0 Å². The van der Waals surface area contributed by atoms with Gasteiger partial charge in [-0.2, -0.15) is 11.3 Å². The number of nitrogens with two attached hydrogens (primary N) is 1. The average molecular weight is 251 g/mol. The minimum absolute atomic E-state index is 0.533. The topological polar surface area (TPSA) is 26.0 Å². The SMILES string of the molecule is CC1(C)CCC(CN)C(CCc2ccsc2)C1. The van der Waals surface area contributed by atoms with Crippen molar-refractivity contribution >= 4 is 11.3 Å². The van der Waals surface area contributed by atoms with Gasteiger partial charge < -0.3 is 5.73 Å². The Hall–Kier alpha value is -0.340. The molecule has 1 fully saturated rings. The van der Waals surface area contributed by atoms with Gasteiger partial charge in [-0.15, -0.1) is 0 Å². The molecule has 0 radical (unpaired) electrons. The van der Waals surface area contributed by atoms with Crippen molar-refractivity contribution in [2.45, 2.75) is 46.0 Å². The maximum absolute atomic E-state index is 5.93. The molecule has 2 atom stereocenters. The summed E-state index contributed by atoms with van der Waals surface area (Å²) in [5.74, 6) is 1.60. The van der Waals surface area contributed by atoms with E-state index in [2.05, 4.69) is 30.7 Å². The van der Waals surface area contributed by atoms with Gasteiger partial charge in [-0.25, -0.2) is 0 Å². The van der Waals surface area contributed by atoms with Crippen LogP contribution in [0.5, 0.6) is 0 Å². The van der Waals surface area contributed by atoms with E-state index in [1.807, 2.05) is 11.3 Å². The third-order valence-electron chi connectivity index (χ3n) is 4.36. The first-order valence-electron chi connectivity index (χ1n) is 6.82. The second kappa shape index (κ2) is 5.53. The van der Waals surface area contributed by atoms with Crippen LogP contribution in [-0.4, -0.2) is 6.54 Å². The highest BCUT2D eigenvalue weighted by atomic mass is 32.1. The fourth-order valence-corrected chi connectivity index (χ4v) is 3.93. The van der Waals surface area contributed by atoms with Gasteiger partial charge in [-0.3, -0.25) is 0 Å². The zero-order valence-corrected chi connectivity index (χ0v) is 11.9. The molecule has 0 bridgehead atoms. The summed E-state index contributed by atoms with van der Waals surface area (Å²) in [7, 11) is 0. The summed E-state index contributed by atoms with van der Waals surface area (Å²) in [5, 5.41) is 4.46. The normalized spacial score (nSPS) is 28.2. The standard InChI is InChI=1S/C15H25NS/c1-15(2)7-5-14(10-16)13(9-15)4-3-12-6-8-17-11-12/h6,8,11,13-14H,3-5,7,9-10,16H2,1-2H3. The van der Waals surface area contributed by atoms with E-state index >= 15 is 0 Å². The van der Waals surface area contributed by atoms with Crippen molar-refractivity contribution in [3.63, 3.8) is 0 Å². The van der Waals surface area contributed by atoms with Gasteiger partial charge in [0.2, 0.25) is 0 Å². The van der Waals surface area contributed by atoms with E-state index in [1.165, 1.54) is 37.7 Å². The van der Waals surface area contributed by atoms with Crippen molar-refractivity contribution in [3.8, 4) is 0 Å². The van der Waals surface area contributed by atoms with Gasteiger partial charge in [0.05, 0.1) is 0 Å². The zero-order valence-electron chi connectivity index (χ0n) is 11.1.